The average Bonchev–Trinajstić information content (AvgIpc) is 2.69. The predicted octanol–water partition coefficient (Wildman–Crippen LogP) is 2.06. The van der Waals surface area contributed by atoms with Gasteiger partial charge in [-0.2, -0.15) is 5.10 Å². The lowest BCUT2D eigenvalue weighted by Crippen LogP contribution is -2.16. The molecule has 0 fully saturated rings. The highest BCUT2D eigenvalue weighted by Crippen LogP contribution is 2.27. The van der Waals surface area contributed by atoms with Gasteiger partial charge in [-0.3, -0.25) is 9.82 Å². The summed E-state index contributed by atoms with van der Waals surface area (Å²) in [6.07, 6.45) is 1.52. The average molecular weight is 301 g/mol. The summed E-state index contributed by atoms with van der Waals surface area (Å²) in [5.74, 6) is 0.318. The zero-order valence-electron chi connectivity index (χ0n) is 10.4. The van der Waals surface area contributed by atoms with Gasteiger partial charge in [0.1, 0.15) is 5.82 Å². The number of H-pyrrole nitrogens is 1. The molecule has 1 heterocycles. The fourth-order valence-corrected chi connectivity index (χ4v) is 3.27. The van der Waals surface area contributed by atoms with Crippen LogP contribution >= 0.6 is 11.6 Å². The number of rotatable bonds is 3. The quantitative estimate of drug-likeness (QED) is 0.755. The van der Waals surface area contributed by atoms with Crippen LogP contribution in [-0.2, 0) is 10.0 Å². The third-order valence-electron chi connectivity index (χ3n) is 2.72. The molecular formula is C11H13ClN4O2S. The maximum absolute atomic E-state index is 12.3. The normalized spacial score (nSPS) is 11.5. The summed E-state index contributed by atoms with van der Waals surface area (Å²) in [5.41, 5.74) is 7.20. The smallest absolute Gasteiger partial charge is 0.263 e. The van der Waals surface area contributed by atoms with E-state index in [4.69, 9.17) is 17.3 Å². The number of anilines is 2. The van der Waals surface area contributed by atoms with Crippen LogP contribution in [0.15, 0.2) is 23.2 Å². The van der Waals surface area contributed by atoms with Gasteiger partial charge in [0.25, 0.3) is 10.0 Å². The molecular weight excluding hydrogens is 288 g/mol. The minimum Gasteiger partial charge on any atom is -0.398 e. The zero-order chi connectivity index (χ0) is 14.2. The molecule has 19 heavy (non-hydrogen) atoms. The second-order valence-corrected chi connectivity index (χ2v) is 6.24. The number of hydrogen-bond donors (Lipinski definition) is 3. The number of sulfonamides is 1. The van der Waals surface area contributed by atoms with E-state index in [1.54, 1.807) is 13.8 Å². The van der Waals surface area contributed by atoms with Gasteiger partial charge in [0.2, 0.25) is 0 Å². The number of nitrogens with zero attached hydrogens (tertiary/aromatic N) is 1. The molecule has 0 bridgehead atoms. The number of nitrogens with one attached hydrogen (secondary N) is 2. The van der Waals surface area contributed by atoms with E-state index in [1.807, 2.05) is 0 Å². The van der Waals surface area contributed by atoms with Crippen LogP contribution in [-0.4, -0.2) is 18.6 Å². The molecule has 0 spiro atoms. The molecule has 0 radical (unpaired) electrons. The van der Waals surface area contributed by atoms with Crippen LogP contribution < -0.4 is 10.5 Å². The SMILES string of the molecule is Cc1cn[nH]c1NS(=O)(=O)c1cc(Cl)cc(N)c1C. The molecule has 8 heteroatoms. The van der Waals surface area contributed by atoms with Crippen LogP contribution in [0.3, 0.4) is 0 Å². The van der Waals surface area contributed by atoms with Crippen LogP contribution in [0.25, 0.3) is 0 Å². The molecule has 0 aliphatic rings. The van der Waals surface area contributed by atoms with E-state index in [-0.39, 0.29) is 9.92 Å². The second-order valence-electron chi connectivity index (χ2n) is 4.15. The summed E-state index contributed by atoms with van der Waals surface area (Å²) in [7, 11) is -3.77. The minimum atomic E-state index is -3.77. The van der Waals surface area contributed by atoms with Crippen molar-refractivity contribution in [1.29, 1.82) is 0 Å². The second kappa shape index (κ2) is 4.75. The van der Waals surface area contributed by atoms with Crippen molar-refractivity contribution in [3.8, 4) is 0 Å². The number of aryl methyl sites for hydroxylation is 1. The first-order valence-corrected chi connectivity index (χ1v) is 7.26. The van der Waals surface area contributed by atoms with Gasteiger partial charge in [0.05, 0.1) is 11.1 Å². The summed E-state index contributed by atoms with van der Waals surface area (Å²) >= 11 is 5.85. The molecule has 0 unspecified atom stereocenters. The maximum atomic E-state index is 12.3. The topological polar surface area (TPSA) is 101 Å². The first kappa shape index (κ1) is 13.7. The Morgan fingerprint density at radius 3 is 2.63 bits per heavy atom. The Labute approximate surface area is 116 Å². The van der Waals surface area contributed by atoms with Crippen molar-refractivity contribution in [2.24, 2.45) is 0 Å². The number of nitrogen functional groups attached to an aromatic ring is 1. The Hall–Kier alpha value is -1.73. The minimum absolute atomic E-state index is 0.0477. The van der Waals surface area contributed by atoms with Crippen molar-refractivity contribution in [1.82, 2.24) is 10.2 Å². The van der Waals surface area contributed by atoms with Gasteiger partial charge in [-0.25, -0.2) is 8.42 Å². The number of aromatic nitrogens is 2. The van der Waals surface area contributed by atoms with E-state index >= 15 is 0 Å². The highest BCUT2D eigenvalue weighted by atomic mass is 35.5. The van der Waals surface area contributed by atoms with Crippen molar-refractivity contribution < 1.29 is 8.42 Å². The molecule has 1 aromatic carbocycles. The van der Waals surface area contributed by atoms with Crippen LogP contribution in [0, 0.1) is 13.8 Å². The fraction of sp³-hybridized carbons (Fsp3) is 0.182. The van der Waals surface area contributed by atoms with Crippen LogP contribution in [0.2, 0.25) is 5.02 Å². The molecule has 2 aromatic rings. The number of benzene rings is 1. The molecule has 0 aliphatic heterocycles. The van der Waals surface area contributed by atoms with E-state index in [0.717, 1.165) is 0 Å². The molecule has 0 atom stereocenters. The summed E-state index contributed by atoms with van der Waals surface area (Å²) in [6.45, 7) is 3.36. The first-order chi connectivity index (χ1) is 8.81. The van der Waals surface area contributed by atoms with Gasteiger partial charge in [-0.1, -0.05) is 11.6 Å². The number of nitrogens with two attached hydrogens (primary N) is 1. The first-order valence-electron chi connectivity index (χ1n) is 5.39. The third kappa shape index (κ3) is 2.66. The lowest BCUT2D eigenvalue weighted by Gasteiger charge is -2.11. The van der Waals surface area contributed by atoms with Crippen LogP contribution in [0.1, 0.15) is 11.1 Å². The van der Waals surface area contributed by atoms with E-state index in [2.05, 4.69) is 14.9 Å². The van der Waals surface area contributed by atoms with Crippen molar-refractivity contribution >= 4 is 33.1 Å². The summed E-state index contributed by atoms with van der Waals surface area (Å²) in [4.78, 5) is 0.0477. The van der Waals surface area contributed by atoms with Gasteiger partial charge in [-0.05, 0) is 31.5 Å². The summed E-state index contributed by atoms with van der Waals surface area (Å²) in [6, 6.07) is 2.87. The molecule has 1 aromatic heterocycles. The van der Waals surface area contributed by atoms with Crippen molar-refractivity contribution in [2.45, 2.75) is 18.7 Å². The van der Waals surface area contributed by atoms with Crippen molar-refractivity contribution in [3.63, 3.8) is 0 Å². The number of halogens is 1. The van der Waals surface area contributed by atoms with Crippen LogP contribution in [0.5, 0.6) is 0 Å². The van der Waals surface area contributed by atoms with E-state index in [1.165, 1.54) is 18.3 Å². The largest absolute Gasteiger partial charge is 0.398 e. The van der Waals surface area contributed by atoms with E-state index in [0.29, 0.717) is 22.6 Å². The molecule has 0 aliphatic carbocycles. The van der Waals surface area contributed by atoms with Crippen molar-refractivity contribution in [3.05, 3.63) is 34.5 Å². The maximum Gasteiger partial charge on any atom is 0.263 e. The Balaban J connectivity index is 2.49. The Bertz CT molecular complexity index is 724. The van der Waals surface area contributed by atoms with Gasteiger partial charge in [-0.15, -0.1) is 0 Å². The molecule has 0 amide bonds. The molecule has 6 nitrogen and oxygen atoms in total. The molecule has 4 N–H and O–H groups in total. The molecule has 0 saturated carbocycles. The Morgan fingerprint density at radius 1 is 1.37 bits per heavy atom. The highest BCUT2D eigenvalue weighted by molar-refractivity contribution is 7.92. The number of aromatic amines is 1. The predicted molar refractivity (Wildman–Crippen MR) is 74.7 cm³/mol. The van der Waals surface area contributed by atoms with E-state index < -0.39 is 10.0 Å². The third-order valence-corrected chi connectivity index (χ3v) is 4.41. The Kier molecular flexibility index (Phi) is 3.42. The van der Waals surface area contributed by atoms with Gasteiger partial charge >= 0.3 is 0 Å². The Morgan fingerprint density at radius 2 is 2.05 bits per heavy atom. The fourth-order valence-electron chi connectivity index (χ4n) is 1.59. The standard InChI is InChI=1S/C11H13ClN4O2S/c1-6-5-14-15-11(6)16-19(17,18)10-4-8(12)3-9(13)7(10)2/h3-5H,13H2,1-2H3,(H2,14,15,16). The lowest BCUT2D eigenvalue weighted by atomic mass is 10.2. The summed E-state index contributed by atoms with van der Waals surface area (Å²) in [5, 5.41) is 6.60. The van der Waals surface area contributed by atoms with Crippen LogP contribution in [0.4, 0.5) is 11.5 Å². The van der Waals surface area contributed by atoms with E-state index in [9.17, 15) is 8.42 Å². The molecule has 2 rings (SSSR count). The van der Waals surface area contributed by atoms with Crippen molar-refractivity contribution in [2.75, 3.05) is 10.5 Å². The van der Waals surface area contributed by atoms with Gasteiger partial charge in [0, 0.05) is 16.3 Å². The van der Waals surface area contributed by atoms with Gasteiger partial charge < -0.3 is 5.73 Å². The lowest BCUT2D eigenvalue weighted by molar-refractivity contribution is 0.600. The zero-order valence-corrected chi connectivity index (χ0v) is 11.9. The molecule has 0 saturated heterocycles. The highest BCUT2D eigenvalue weighted by Gasteiger charge is 2.20. The van der Waals surface area contributed by atoms with Gasteiger partial charge in [0.15, 0.2) is 0 Å². The monoisotopic (exact) mass is 300 g/mol. The number of hydrogen-bond acceptors (Lipinski definition) is 4. The molecule has 102 valence electrons. The summed E-state index contributed by atoms with van der Waals surface area (Å²) < 4.78 is 27.0.